The van der Waals surface area contributed by atoms with E-state index < -0.39 is 23.8 Å². The number of hydrogen-bond acceptors (Lipinski definition) is 3. The molecule has 1 aliphatic heterocycles. The minimum Gasteiger partial charge on any atom is -0.495 e. The van der Waals surface area contributed by atoms with E-state index in [4.69, 9.17) is 37.8 Å². The van der Waals surface area contributed by atoms with E-state index in [1.54, 1.807) is 6.07 Å². The molecule has 29 heavy (non-hydrogen) atoms. The molecule has 0 saturated heterocycles. The molecule has 1 heterocycles. The smallest absolute Gasteiger partial charge is 0.430 e. The number of ether oxygens (including phenoxy) is 2. The Morgan fingerprint density at radius 2 is 1.86 bits per heavy atom. The summed E-state index contributed by atoms with van der Waals surface area (Å²) in [6.45, 7) is 1.85. The molecule has 0 saturated carbocycles. The number of rotatable bonds is 4. The van der Waals surface area contributed by atoms with Gasteiger partial charge < -0.3 is 14.6 Å². The van der Waals surface area contributed by atoms with E-state index >= 15 is 0 Å². The number of hydrogen-bond donors (Lipinski definition) is 1. The van der Waals surface area contributed by atoms with E-state index in [1.807, 2.05) is 13.0 Å². The molecule has 4 nitrogen and oxygen atoms in total. The molecule has 0 aliphatic carbocycles. The Bertz CT molecular complexity index is 1020. The second-order valence-electron chi connectivity index (χ2n) is 6.54. The van der Waals surface area contributed by atoms with E-state index in [1.165, 1.54) is 19.2 Å². The summed E-state index contributed by atoms with van der Waals surface area (Å²) in [5.74, 6) is -1.38. The summed E-state index contributed by atoms with van der Waals surface area (Å²) in [4.78, 5) is 11.2. The first-order valence-corrected chi connectivity index (χ1v) is 9.10. The highest BCUT2D eigenvalue weighted by Gasteiger charge is 2.48. The van der Waals surface area contributed by atoms with Gasteiger partial charge in [-0.2, -0.15) is 13.2 Å². The maximum atomic E-state index is 13.3. The van der Waals surface area contributed by atoms with Crippen LogP contribution in [-0.2, 0) is 11.2 Å². The number of alkyl halides is 3. The molecule has 154 valence electrons. The van der Waals surface area contributed by atoms with Crippen molar-refractivity contribution in [2.24, 2.45) is 0 Å². The third kappa shape index (κ3) is 4.31. The monoisotopic (exact) mass is 446 g/mol. The molecule has 3 rings (SSSR count). The van der Waals surface area contributed by atoms with Gasteiger partial charge in [0.15, 0.2) is 0 Å². The number of carboxylic acids is 1. The van der Waals surface area contributed by atoms with Crippen LogP contribution in [0.3, 0.4) is 0 Å². The Hall–Kier alpha value is -2.38. The van der Waals surface area contributed by atoms with Gasteiger partial charge in [-0.3, -0.25) is 0 Å². The van der Waals surface area contributed by atoms with Crippen LogP contribution in [0.25, 0.3) is 6.08 Å². The van der Waals surface area contributed by atoms with E-state index in [-0.39, 0.29) is 22.8 Å². The van der Waals surface area contributed by atoms with Crippen molar-refractivity contribution < 1.29 is 32.5 Å². The van der Waals surface area contributed by atoms with Crippen LogP contribution in [0.15, 0.2) is 29.8 Å². The van der Waals surface area contributed by atoms with Crippen molar-refractivity contribution in [2.75, 3.05) is 7.11 Å². The number of carboxylic acid groups (broad SMARTS) is 1. The standard InChI is InChI=1S/C20H15Cl2F3O4/c1-9-3-12(17(28-2)15(22)4-9)5-10-8-16-11(7-14(10)21)6-13(19(26)27)18(29-16)20(23,24)25/h3-4,6-8,18H,5H2,1-2H3,(H,26,27). The third-order valence-electron chi connectivity index (χ3n) is 4.41. The molecule has 1 atom stereocenters. The molecule has 0 bridgehead atoms. The lowest BCUT2D eigenvalue weighted by atomic mass is 9.97. The summed E-state index contributed by atoms with van der Waals surface area (Å²) in [6, 6.07) is 6.32. The zero-order valence-electron chi connectivity index (χ0n) is 15.2. The zero-order chi connectivity index (χ0) is 21.5. The first kappa shape index (κ1) is 21.3. The Morgan fingerprint density at radius 1 is 1.17 bits per heavy atom. The van der Waals surface area contributed by atoms with Crippen LogP contribution in [-0.4, -0.2) is 30.5 Å². The fraction of sp³-hybridized carbons (Fsp3) is 0.250. The van der Waals surface area contributed by atoms with Crippen LogP contribution in [0.5, 0.6) is 11.5 Å². The largest absolute Gasteiger partial charge is 0.495 e. The molecule has 9 heteroatoms. The van der Waals surface area contributed by atoms with E-state index in [9.17, 15) is 18.0 Å². The highest BCUT2D eigenvalue weighted by atomic mass is 35.5. The lowest BCUT2D eigenvalue weighted by Crippen LogP contribution is -2.40. The molecule has 1 unspecified atom stereocenters. The molecule has 2 aromatic carbocycles. The number of aliphatic carboxylic acids is 1. The zero-order valence-corrected chi connectivity index (χ0v) is 16.7. The first-order valence-electron chi connectivity index (χ1n) is 8.35. The Morgan fingerprint density at radius 3 is 2.45 bits per heavy atom. The normalized spacial score (nSPS) is 16.0. The number of halogens is 5. The molecule has 1 N–H and O–H groups in total. The minimum atomic E-state index is -4.88. The van der Waals surface area contributed by atoms with Crippen molar-refractivity contribution in [2.45, 2.75) is 25.6 Å². The van der Waals surface area contributed by atoms with Gasteiger partial charge in [0, 0.05) is 22.6 Å². The highest BCUT2D eigenvalue weighted by Crippen LogP contribution is 2.40. The van der Waals surface area contributed by atoms with Crippen molar-refractivity contribution in [3.63, 3.8) is 0 Å². The van der Waals surface area contributed by atoms with Gasteiger partial charge in [0.1, 0.15) is 11.5 Å². The summed E-state index contributed by atoms with van der Waals surface area (Å²) in [6.07, 6.45) is -6.29. The van der Waals surface area contributed by atoms with Gasteiger partial charge in [-0.1, -0.05) is 29.3 Å². The number of benzene rings is 2. The molecule has 1 aliphatic rings. The summed E-state index contributed by atoms with van der Waals surface area (Å²) in [5, 5.41) is 9.77. The second kappa shape index (κ2) is 7.80. The second-order valence-corrected chi connectivity index (χ2v) is 7.36. The summed E-state index contributed by atoms with van der Waals surface area (Å²) < 4.78 is 50.2. The average Bonchev–Trinajstić information content (AvgIpc) is 2.60. The maximum Gasteiger partial charge on any atom is 0.430 e. The summed E-state index contributed by atoms with van der Waals surface area (Å²) in [7, 11) is 1.46. The Labute approximate surface area is 174 Å². The lowest BCUT2D eigenvalue weighted by Gasteiger charge is -2.27. The van der Waals surface area contributed by atoms with Gasteiger partial charge in [-0.25, -0.2) is 4.79 Å². The first-order chi connectivity index (χ1) is 13.5. The fourth-order valence-electron chi connectivity index (χ4n) is 3.18. The van der Waals surface area contributed by atoms with Gasteiger partial charge in [0.2, 0.25) is 6.10 Å². The van der Waals surface area contributed by atoms with E-state index in [0.717, 1.165) is 11.6 Å². The molecule has 0 radical (unpaired) electrons. The van der Waals surface area contributed by atoms with Gasteiger partial charge in [-0.05, 0) is 42.3 Å². The van der Waals surface area contributed by atoms with Crippen LogP contribution < -0.4 is 9.47 Å². The average molecular weight is 447 g/mol. The van der Waals surface area contributed by atoms with Crippen molar-refractivity contribution in [1.82, 2.24) is 0 Å². The molecule has 0 spiro atoms. The van der Waals surface area contributed by atoms with Crippen LogP contribution in [0.4, 0.5) is 13.2 Å². The molecular weight excluding hydrogens is 432 g/mol. The number of methoxy groups -OCH3 is 1. The molecule has 0 fully saturated rings. The topological polar surface area (TPSA) is 55.8 Å². The minimum absolute atomic E-state index is 0.102. The van der Waals surface area contributed by atoms with Crippen LogP contribution >= 0.6 is 23.2 Å². The van der Waals surface area contributed by atoms with Crippen molar-refractivity contribution in [3.8, 4) is 11.5 Å². The molecule has 2 aromatic rings. The van der Waals surface area contributed by atoms with Crippen molar-refractivity contribution in [3.05, 3.63) is 62.1 Å². The van der Waals surface area contributed by atoms with Gasteiger partial charge in [0.25, 0.3) is 0 Å². The molecular formula is C20H15Cl2F3O4. The number of fused-ring (bicyclic) bond motifs is 1. The molecule has 0 amide bonds. The number of carbonyl (C=O) groups is 1. The Balaban J connectivity index is 2.06. The lowest BCUT2D eigenvalue weighted by molar-refractivity contribution is -0.187. The third-order valence-corrected chi connectivity index (χ3v) is 5.04. The van der Waals surface area contributed by atoms with E-state index in [2.05, 4.69) is 0 Å². The van der Waals surface area contributed by atoms with Crippen LogP contribution in [0.1, 0.15) is 22.3 Å². The van der Waals surface area contributed by atoms with Crippen molar-refractivity contribution >= 4 is 35.2 Å². The highest BCUT2D eigenvalue weighted by molar-refractivity contribution is 6.32. The van der Waals surface area contributed by atoms with Gasteiger partial charge in [0.05, 0.1) is 17.7 Å². The van der Waals surface area contributed by atoms with Crippen LogP contribution in [0.2, 0.25) is 10.0 Å². The predicted octanol–water partition coefficient (Wildman–Crippen LogP) is 5.69. The predicted molar refractivity (Wildman–Crippen MR) is 103 cm³/mol. The summed E-state index contributed by atoms with van der Waals surface area (Å²) in [5.41, 5.74) is 1.32. The SMILES string of the molecule is COc1c(Cl)cc(C)cc1Cc1cc2c(cc1Cl)C=C(C(=O)O)C(C(F)(F)F)O2. The van der Waals surface area contributed by atoms with Gasteiger partial charge >= 0.3 is 12.1 Å². The molecule has 0 aromatic heterocycles. The number of aryl methyl sites for hydroxylation is 1. The summed E-state index contributed by atoms with van der Waals surface area (Å²) >= 11 is 12.5. The fourth-order valence-corrected chi connectivity index (χ4v) is 3.79. The van der Waals surface area contributed by atoms with Gasteiger partial charge in [-0.15, -0.1) is 0 Å². The quantitative estimate of drug-likeness (QED) is 0.654. The maximum absolute atomic E-state index is 13.3. The van der Waals surface area contributed by atoms with Crippen LogP contribution in [0, 0.1) is 6.92 Å². The Kier molecular flexibility index (Phi) is 5.74. The van der Waals surface area contributed by atoms with E-state index in [0.29, 0.717) is 21.9 Å². The van der Waals surface area contributed by atoms with Crippen molar-refractivity contribution in [1.29, 1.82) is 0 Å².